The predicted octanol–water partition coefficient (Wildman–Crippen LogP) is 4.02. The number of aromatic nitrogens is 2. The largest absolute Gasteiger partial charge is 0.505 e. The van der Waals surface area contributed by atoms with Crippen LogP contribution in [-0.2, 0) is 4.79 Å². The molecule has 5 nitrogen and oxygen atoms in total. The molecule has 0 spiro atoms. The first-order valence-electron chi connectivity index (χ1n) is 8.50. The van der Waals surface area contributed by atoms with Crippen LogP contribution in [0.3, 0.4) is 0 Å². The molecule has 2 aromatic heterocycles. The first kappa shape index (κ1) is 18.1. The van der Waals surface area contributed by atoms with Crippen molar-refractivity contribution >= 4 is 28.4 Å². The fourth-order valence-corrected chi connectivity index (χ4v) is 3.69. The summed E-state index contributed by atoms with van der Waals surface area (Å²) in [5.74, 6) is -1.35. The standard InChI is InChI=1S/C20H20ClN3O2/c1-2-5-14(20(22)26)17(12-6-3-8-23-11-12)15-10-16(21)13-7-4-9-24-18(13)19(15)25/h3-4,6-11,14,17,25H,2,5H2,1H3,(H2,22,26). The second kappa shape index (κ2) is 7.70. The van der Waals surface area contributed by atoms with Gasteiger partial charge in [0.05, 0.1) is 5.02 Å². The van der Waals surface area contributed by atoms with E-state index in [0.29, 0.717) is 27.9 Å². The van der Waals surface area contributed by atoms with Crippen molar-refractivity contribution in [2.24, 2.45) is 11.7 Å². The zero-order valence-corrected chi connectivity index (χ0v) is 15.1. The van der Waals surface area contributed by atoms with E-state index in [2.05, 4.69) is 9.97 Å². The van der Waals surface area contributed by atoms with Crippen molar-refractivity contribution in [1.29, 1.82) is 0 Å². The number of nitrogens with zero attached hydrogens (tertiary/aromatic N) is 2. The predicted molar refractivity (Wildman–Crippen MR) is 102 cm³/mol. The third-order valence-corrected chi connectivity index (χ3v) is 4.90. The second-order valence-corrected chi connectivity index (χ2v) is 6.66. The number of aromatic hydroxyl groups is 1. The molecule has 3 N–H and O–H groups in total. The van der Waals surface area contributed by atoms with Gasteiger partial charge in [0.2, 0.25) is 5.91 Å². The number of hydrogen-bond donors (Lipinski definition) is 2. The summed E-state index contributed by atoms with van der Waals surface area (Å²) in [6.07, 6.45) is 6.32. The van der Waals surface area contributed by atoms with Gasteiger partial charge in [0.1, 0.15) is 11.3 Å². The molecular weight excluding hydrogens is 350 g/mol. The molecule has 1 aromatic carbocycles. The highest BCUT2D eigenvalue weighted by atomic mass is 35.5. The number of fused-ring (bicyclic) bond motifs is 1. The summed E-state index contributed by atoms with van der Waals surface area (Å²) >= 11 is 6.44. The molecule has 0 fully saturated rings. The third-order valence-electron chi connectivity index (χ3n) is 4.59. The Morgan fingerprint density at radius 1 is 1.31 bits per heavy atom. The second-order valence-electron chi connectivity index (χ2n) is 6.26. The van der Waals surface area contributed by atoms with E-state index >= 15 is 0 Å². The average molecular weight is 370 g/mol. The summed E-state index contributed by atoms with van der Waals surface area (Å²) in [4.78, 5) is 20.6. The van der Waals surface area contributed by atoms with Crippen LogP contribution in [0.5, 0.6) is 5.75 Å². The van der Waals surface area contributed by atoms with Gasteiger partial charge in [-0.25, -0.2) is 0 Å². The lowest BCUT2D eigenvalue weighted by atomic mass is 9.78. The third kappa shape index (κ3) is 3.35. The van der Waals surface area contributed by atoms with Gasteiger partial charge in [0.25, 0.3) is 0 Å². The summed E-state index contributed by atoms with van der Waals surface area (Å²) < 4.78 is 0. The normalized spacial score (nSPS) is 13.5. The first-order chi connectivity index (χ1) is 12.5. The van der Waals surface area contributed by atoms with E-state index in [9.17, 15) is 9.90 Å². The van der Waals surface area contributed by atoms with E-state index in [1.54, 1.807) is 42.9 Å². The van der Waals surface area contributed by atoms with Gasteiger partial charge in [-0.1, -0.05) is 31.0 Å². The fraction of sp³-hybridized carbons (Fsp3) is 0.250. The zero-order valence-electron chi connectivity index (χ0n) is 14.4. The lowest BCUT2D eigenvalue weighted by molar-refractivity contribution is -0.122. The number of benzene rings is 1. The van der Waals surface area contributed by atoms with Crippen molar-refractivity contribution in [3.05, 3.63) is 65.1 Å². The Kier molecular flexibility index (Phi) is 5.38. The summed E-state index contributed by atoms with van der Waals surface area (Å²) in [5.41, 5.74) is 7.45. The summed E-state index contributed by atoms with van der Waals surface area (Å²) in [5, 5.41) is 12.0. The van der Waals surface area contributed by atoms with Crippen molar-refractivity contribution in [3.8, 4) is 5.75 Å². The highest BCUT2D eigenvalue weighted by Gasteiger charge is 2.32. The molecule has 0 saturated heterocycles. The molecule has 6 heteroatoms. The van der Waals surface area contributed by atoms with Crippen LogP contribution < -0.4 is 5.73 Å². The van der Waals surface area contributed by atoms with Gasteiger partial charge >= 0.3 is 0 Å². The zero-order chi connectivity index (χ0) is 18.7. The van der Waals surface area contributed by atoms with Crippen LogP contribution in [0.2, 0.25) is 5.02 Å². The minimum Gasteiger partial charge on any atom is -0.505 e. The van der Waals surface area contributed by atoms with Gasteiger partial charge in [0.15, 0.2) is 0 Å². The van der Waals surface area contributed by atoms with E-state index in [4.69, 9.17) is 17.3 Å². The van der Waals surface area contributed by atoms with E-state index in [1.807, 2.05) is 13.0 Å². The Morgan fingerprint density at radius 3 is 2.73 bits per heavy atom. The van der Waals surface area contributed by atoms with Gasteiger partial charge in [-0.3, -0.25) is 14.8 Å². The van der Waals surface area contributed by atoms with Crippen molar-refractivity contribution in [3.63, 3.8) is 0 Å². The number of hydrogen-bond acceptors (Lipinski definition) is 4. The number of phenols is 1. The fourth-order valence-electron chi connectivity index (χ4n) is 3.42. The van der Waals surface area contributed by atoms with E-state index < -0.39 is 17.7 Å². The summed E-state index contributed by atoms with van der Waals surface area (Å²) in [7, 11) is 0. The molecule has 3 rings (SSSR count). The summed E-state index contributed by atoms with van der Waals surface area (Å²) in [6, 6.07) is 8.92. The van der Waals surface area contributed by atoms with Gasteiger partial charge in [0, 0.05) is 41.4 Å². The molecule has 3 aromatic rings. The van der Waals surface area contributed by atoms with Crippen LogP contribution in [0.1, 0.15) is 36.8 Å². The average Bonchev–Trinajstić information content (AvgIpc) is 2.66. The van der Waals surface area contributed by atoms with Crippen LogP contribution in [-0.4, -0.2) is 21.0 Å². The SMILES string of the molecule is CCCC(C(N)=O)C(c1cccnc1)c1cc(Cl)c2cccnc2c1O. The Balaban J connectivity index is 2.27. The van der Waals surface area contributed by atoms with Crippen molar-refractivity contribution in [2.75, 3.05) is 0 Å². The Bertz CT molecular complexity index is 931. The van der Waals surface area contributed by atoms with Gasteiger partial charge in [-0.15, -0.1) is 0 Å². The minimum absolute atomic E-state index is 0.0150. The number of amides is 1. The molecule has 2 heterocycles. The first-order valence-corrected chi connectivity index (χ1v) is 8.87. The Morgan fingerprint density at radius 2 is 2.08 bits per heavy atom. The van der Waals surface area contributed by atoms with Gasteiger partial charge < -0.3 is 10.8 Å². The topological polar surface area (TPSA) is 89.1 Å². The number of carbonyl (C=O) groups excluding carboxylic acids is 1. The van der Waals surface area contributed by atoms with Crippen molar-refractivity contribution < 1.29 is 9.90 Å². The van der Waals surface area contributed by atoms with Gasteiger partial charge in [-0.2, -0.15) is 0 Å². The minimum atomic E-state index is -0.493. The maximum absolute atomic E-state index is 12.2. The molecular formula is C20H20ClN3O2. The van der Waals surface area contributed by atoms with Crippen LogP contribution in [0.4, 0.5) is 0 Å². The number of pyridine rings is 2. The molecule has 0 aliphatic rings. The van der Waals surface area contributed by atoms with Crippen LogP contribution >= 0.6 is 11.6 Å². The molecule has 0 bridgehead atoms. The van der Waals surface area contributed by atoms with E-state index in [0.717, 1.165) is 12.0 Å². The molecule has 0 aliphatic carbocycles. The molecule has 0 radical (unpaired) electrons. The van der Waals surface area contributed by atoms with Crippen molar-refractivity contribution in [2.45, 2.75) is 25.7 Å². The monoisotopic (exact) mass is 369 g/mol. The molecule has 134 valence electrons. The number of nitrogens with two attached hydrogens (primary N) is 1. The number of phenolic OH excluding ortho intramolecular Hbond substituents is 1. The Hall–Kier alpha value is -2.66. The van der Waals surface area contributed by atoms with Crippen LogP contribution in [0, 0.1) is 5.92 Å². The number of primary amides is 1. The van der Waals surface area contributed by atoms with E-state index in [-0.39, 0.29) is 5.75 Å². The summed E-state index contributed by atoms with van der Waals surface area (Å²) in [6.45, 7) is 1.99. The maximum atomic E-state index is 12.2. The quantitative estimate of drug-likeness (QED) is 0.686. The Labute approximate surface area is 156 Å². The van der Waals surface area contributed by atoms with Crippen molar-refractivity contribution in [1.82, 2.24) is 9.97 Å². The lowest BCUT2D eigenvalue weighted by Gasteiger charge is -2.26. The lowest BCUT2D eigenvalue weighted by Crippen LogP contribution is -2.29. The number of carbonyl (C=O) groups is 1. The smallest absolute Gasteiger partial charge is 0.221 e. The van der Waals surface area contributed by atoms with Crippen LogP contribution in [0.25, 0.3) is 10.9 Å². The molecule has 1 amide bonds. The molecule has 2 unspecified atom stereocenters. The van der Waals surface area contributed by atoms with Gasteiger partial charge in [-0.05, 0) is 36.2 Å². The van der Waals surface area contributed by atoms with E-state index in [1.165, 1.54) is 0 Å². The maximum Gasteiger partial charge on any atom is 0.221 e. The molecule has 26 heavy (non-hydrogen) atoms. The molecule has 2 atom stereocenters. The number of halogens is 1. The number of rotatable bonds is 6. The highest BCUT2D eigenvalue weighted by Crippen LogP contribution is 2.43. The molecule has 0 saturated carbocycles. The molecule has 0 aliphatic heterocycles. The van der Waals surface area contributed by atoms with Crippen LogP contribution in [0.15, 0.2) is 48.9 Å². The highest BCUT2D eigenvalue weighted by molar-refractivity contribution is 6.35.